The summed E-state index contributed by atoms with van der Waals surface area (Å²) >= 11 is 0. The van der Waals surface area contributed by atoms with Gasteiger partial charge in [-0.1, -0.05) is 18.2 Å². The lowest BCUT2D eigenvalue weighted by atomic mass is 10.0. The Morgan fingerprint density at radius 2 is 2.20 bits per heavy atom. The summed E-state index contributed by atoms with van der Waals surface area (Å²) in [6, 6.07) is 5.86. The monoisotopic (exact) mass is 208 g/mol. The Kier molecular flexibility index (Phi) is 4.31. The molecule has 0 spiro atoms. The highest BCUT2D eigenvalue weighted by Crippen LogP contribution is 2.12. The van der Waals surface area contributed by atoms with E-state index in [-0.39, 0.29) is 12.6 Å². The molecule has 1 aromatic carbocycles. The van der Waals surface area contributed by atoms with Crippen LogP contribution in [0.25, 0.3) is 0 Å². The highest BCUT2D eigenvalue weighted by molar-refractivity contribution is 5.69. The molecule has 0 radical (unpaired) electrons. The predicted octanol–water partition coefficient (Wildman–Crippen LogP) is 1.59. The maximum atomic E-state index is 10.9. The van der Waals surface area contributed by atoms with Crippen molar-refractivity contribution in [1.29, 1.82) is 0 Å². The number of esters is 1. The number of rotatable bonds is 4. The third-order valence-corrected chi connectivity index (χ3v) is 2.43. The average Bonchev–Trinajstić information content (AvgIpc) is 2.27. The van der Waals surface area contributed by atoms with E-state index in [9.17, 15) is 4.79 Å². The van der Waals surface area contributed by atoms with Crippen LogP contribution in [0.15, 0.2) is 18.2 Å². The zero-order valence-corrected chi connectivity index (χ0v) is 9.12. The Morgan fingerprint density at radius 3 is 2.80 bits per heavy atom. The zero-order valence-electron chi connectivity index (χ0n) is 9.12. The summed E-state index contributed by atoms with van der Waals surface area (Å²) in [6.45, 7) is 1.99. The smallest absolute Gasteiger partial charge is 0.305 e. The first-order valence-corrected chi connectivity index (χ1v) is 4.93. The van der Waals surface area contributed by atoms with Crippen LogP contribution in [0.5, 0.6) is 0 Å². The van der Waals surface area contributed by atoms with Crippen molar-refractivity contribution in [2.75, 3.05) is 7.11 Å². The number of carbonyl (C=O) groups is 1. The minimum atomic E-state index is -0.207. The number of hydrogen-bond donors (Lipinski definition) is 1. The van der Waals surface area contributed by atoms with Crippen molar-refractivity contribution in [3.63, 3.8) is 0 Å². The van der Waals surface area contributed by atoms with Gasteiger partial charge in [0.05, 0.1) is 13.7 Å². The van der Waals surface area contributed by atoms with Crippen molar-refractivity contribution in [2.24, 2.45) is 0 Å². The summed E-state index contributed by atoms with van der Waals surface area (Å²) in [5.41, 5.74) is 3.03. The Balaban J connectivity index is 2.66. The first kappa shape index (κ1) is 11.7. The summed E-state index contributed by atoms with van der Waals surface area (Å²) in [7, 11) is 1.39. The number of aryl methyl sites for hydroxylation is 2. The van der Waals surface area contributed by atoms with Crippen LogP contribution in [0.4, 0.5) is 0 Å². The molecule has 0 bridgehead atoms. The van der Waals surface area contributed by atoms with E-state index in [2.05, 4.69) is 4.74 Å². The third kappa shape index (κ3) is 3.36. The molecule has 0 aliphatic rings. The molecule has 0 aliphatic heterocycles. The fraction of sp³-hybridized carbons (Fsp3) is 0.417. The van der Waals surface area contributed by atoms with Crippen LogP contribution in [0.2, 0.25) is 0 Å². The SMILES string of the molecule is COC(=O)CCc1ccc(C)c(CO)c1. The molecule has 1 N–H and O–H groups in total. The van der Waals surface area contributed by atoms with Gasteiger partial charge in [-0.3, -0.25) is 4.79 Å². The molecule has 82 valence electrons. The van der Waals surface area contributed by atoms with Gasteiger partial charge in [-0.05, 0) is 30.0 Å². The Bertz CT molecular complexity index is 345. The van der Waals surface area contributed by atoms with Gasteiger partial charge in [0.15, 0.2) is 0 Å². The van der Waals surface area contributed by atoms with E-state index in [4.69, 9.17) is 5.11 Å². The van der Waals surface area contributed by atoms with Gasteiger partial charge < -0.3 is 9.84 Å². The molecule has 3 nitrogen and oxygen atoms in total. The van der Waals surface area contributed by atoms with Crippen LogP contribution >= 0.6 is 0 Å². The topological polar surface area (TPSA) is 46.5 Å². The fourth-order valence-corrected chi connectivity index (χ4v) is 1.40. The van der Waals surface area contributed by atoms with Crippen LogP contribution in [0.3, 0.4) is 0 Å². The molecular weight excluding hydrogens is 192 g/mol. The van der Waals surface area contributed by atoms with Gasteiger partial charge in [-0.15, -0.1) is 0 Å². The van der Waals surface area contributed by atoms with Crippen LogP contribution in [-0.4, -0.2) is 18.2 Å². The first-order chi connectivity index (χ1) is 7.17. The normalized spacial score (nSPS) is 10.1. The van der Waals surface area contributed by atoms with Gasteiger partial charge in [-0.25, -0.2) is 0 Å². The highest BCUT2D eigenvalue weighted by Gasteiger charge is 2.03. The molecular formula is C12H16O3. The molecule has 15 heavy (non-hydrogen) atoms. The molecule has 0 saturated heterocycles. The molecule has 0 saturated carbocycles. The lowest BCUT2D eigenvalue weighted by Crippen LogP contribution is -2.02. The molecule has 0 aliphatic carbocycles. The van der Waals surface area contributed by atoms with E-state index in [1.165, 1.54) is 7.11 Å². The number of benzene rings is 1. The predicted molar refractivity (Wildman–Crippen MR) is 57.4 cm³/mol. The Hall–Kier alpha value is -1.35. The molecule has 0 heterocycles. The van der Waals surface area contributed by atoms with Crippen molar-refractivity contribution < 1.29 is 14.6 Å². The quantitative estimate of drug-likeness (QED) is 0.764. The molecule has 1 aromatic rings. The van der Waals surface area contributed by atoms with Crippen molar-refractivity contribution in [3.8, 4) is 0 Å². The molecule has 0 unspecified atom stereocenters. The summed E-state index contributed by atoms with van der Waals surface area (Å²) < 4.78 is 4.56. The average molecular weight is 208 g/mol. The Morgan fingerprint density at radius 1 is 1.47 bits per heavy atom. The van der Waals surface area contributed by atoms with Crippen LogP contribution in [-0.2, 0) is 22.6 Å². The van der Waals surface area contributed by atoms with Crippen LogP contribution < -0.4 is 0 Å². The number of hydrogen-bond acceptors (Lipinski definition) is 3. The van der Waals surface area contributed by atoms with Gasteiger partial charge in [0.2, 0.25) is 0 Å². The van der Waals surface area contributed by atoms with E-state index in [1.807, 2.05) is 25.1 Å². The number of aliphatic hydroxyl groups is 1. The van der Waals surface area contributed by atoms with E-state index in [0.717, 1.165) is 16.7 Å². The second-order valence-corrected chi connectivity index (χ2v) is 3.50. The van der Waals surface area contributed by atoms with Gasteiger partial charge >= 0.3 is 5.97 Å². The van der Waals surface area contributed by atoms with Crippen molar-refractivity contribution in [1.82, 2.24) is 0 Å². The maximum Gasteiger partial charge on any atom is 0.305 e. The highest BCUT2D eigenvalue weighted by atomic mass is 16.5. The zero-order chi connectivity index (χ0) is 11.3. The molecule has 0 aromatic heterocycles. The number of carbonyl (C=O) groups excluding carboxylic acids is 1. The number of aliphatic hydroxyl groups excluding tert-OH is 1. The van der Waals surface area contributed by atoms with E-state index in [1.54, 1.807) is 0 Å². The molecule has 0 fully saturated rings. The lowest BCUT2D eigenvalue weighted by Gasteiger charge is -2.06. The van der Waals surface area contributed by atoms with Crippen molar-refractivity contribution >= 4 is 5.97 Å². The largest absolute Gasteiger partial charge is 0.469 e. The summed E-state index contributed by atoms with van der Waals surface area (Å²) in [6.07, 6.45) is 1.03. The minimum absolute atomic E-state index is 0.0396. The summed E-state index contributed by atoms with van der Waals surface area (Å²) in [5, 5.41) is 9.07. The second kappa shape index (κ2) is 5.51. The molecule has 0 amide bonds. The molecule has 0 atom stereocenters. The van der Waals surface area contributed by atoms with Gasteiger partial charge in [0, 0.05) is 6.42 Å². The van der Waals surface area contributed by atoms with Gasteiger partial charge in [-0.2, -0.15) is 0 Å². The number of ether oxygens (including phenoxy) is 1. The van der Waals surface area contributed by atoms with Crippen molar-refractivity contribution in [3.05, 3.63) is 34.9 Å². The van der Waals surface area contributed by atoms with Crippen LogP contribution in [0.1, 0.15) is 23.1 Å². The standard InChI is InChI=1S/C12H16O3/c1-9-3-4-10(7-11(9)8-13)5-6-12(14)15-2/h3-4,7,13H,5-6,8H2,1-2H3. The van der Waals surface area contributed by atoms with Crippen LogP contribution in [0, 0.1) is 6.92 Å². The van der Waals surface area contributed by atoms with Gasteiger partial charge in [0.25, 0.3) is 0 Å². The van der Waals surface area contributed by atoms with Gasteiger partial charge in [0.1, 0.15) is 0 Å². The first-order valence-electron chi connectivity index (χ1n) is 4.93. The maximum absolute atomic E-state index is 10.9. The molecule has 1 rings (SSSR count). The lowest BCUT2D eigenvalue weighted by molar-refractivity contribution is -0.140. The van der Waals surface area contributed by atoms with E-state index < -0.39 is 0 Å². The third-order valence-electron chi connectivity index (χ3n) is 2.43. The minimum Gasteiger partial charge on any atom is -0.469 e. The van der Waals surface area contributed by atoms with Crippen molar-refractivity contribution in [2.45, 2.75) is 26.4 Å². The number of methoxy groups -OCH3 is 1. The van der Waals surface area contributed by atoms with E-state index in [0.29, 0.717) is 12.8 Å². The summed E-state index contributed by atoms with van der Waals surface area (Å²) in [4.78, 5) is 10.9. The summed E-state index contributed by atoms with van der Waals surface area (Å²) in [5.74, 6) is -0.207. The second-order valence-electron chi connectivity index (χ2n) is 3.50. The Labute approximate surface area is 89.7 Å². The van der Waals surface area contributed by atoms with E-state index >= 15 is 0 Å². The molecule has 3 heteroatoms. The fourth-order valence-electron chi connectivity index (χ4n) is 1.40.